The molecule has 0 radical (unpaired) electrons. The minimum atomic E-state index is -4.06. The van der Waals surface area contributed by atoms with Crippen molar-refractivity contribution in [1.29, 1.82) is 0 Å². The summed E-state index contributed by atoms with van der Waals surface area (Å²) in [4.78, 5) is -0.529. The minimum Gasteiger partial charge on any atom is -0.223 e. The Kier molecular flexibility index (Phi) is 3.61. The lowest BCUT2D eigenvalue weighted by molar-refractivity contribution is 0.500. The van der Waals surface area contributed by atoms with Gasteiger partial charge in [-0.1, -0.05) is 24.3 Å². The van der Waals surface area contributed by atoms with Gasteiger partial charge in [-0.15, -0.1) is 0 Å². The fourth-order valence-corrected chi connectivity index (χ4v) is 3.08. The normalized spacial score (nSPS) is 11.5. The molecule has 2 rings (SSSR count). The maximum absolute atomic E-state index is 13.4. The van der Waals surface area contributed by atoms with Gasteiger partial charge in [0.25, 0.3) is 0 Å². The van der Waals surface area contributed by atoms with Crippen molar-refractivity contribution in [3.8, 4) is 0 Å². The lowest BCUT2D eigenvalue weighted by Crippen LogP contribution is -2.09. The van der Waals surface area contributed by atoms with E-state index < -0.39 is 37.9 Å². The lowest BCUT2D eigenvalue weighted by Gasteiger charge is -2.07. The molecule has 0 fully saturated rings. The quantitative estimate of drug-likeness (QED) is 0.869. The molecule has 0 aliphatic carbocycles. The highest BCUT2D eigenvalue weighted by atomic mass is 32.2. The Labute approximate surface area is 108 Å². The molecular formula is C13H9F3O2S. The van der Waals surface area contributed by atoms with Gasteiger partial charge in [0, 0.05) is 5.56 Å². The number of sulfone groups is 1. The molecular weight excluding hydrogens is 277 g/mol. The van der Waals surface area contributed by atoms with Crippen molar-refractivity contribution in [2.24, 2.45) is 0 Å². The van der Waals surface area contributed by atoms with Crippen LogP contribution < -0.4 is 0 Å². The van der Waals surface area contributed by atoms with Gasteiger partial charge >= 0.3 is 0 Å². The first kappa shape index (κ1) is 13.6. The van der Waals surface area contributed by atoms with Crippen molar-refractivity contribution in [3.63, 3.8) is 0 Å². The van der Waals surface area contributed by atoms with Gasteiger partial charge in [0.1, 0.15) is 10.7 Å². The molecule has 0 heterocycles. The fraction of sp³-hybridized carbons (Fsp3) is 0.0769. The summed E-state index contributed by atoms with van der Waals surface area (Å²) >= 11 is 0. The second-order valence-corrected chi connectivity index (χ2v) is 5.86. The van der Waals surface area contributed by atoms with Crippen LogP contribution in [0.1, 0.15) is 5.56 Å². The van der Waals surface area contributed by atoms with E-state index in [0.717, 1.165) is 24.3 Å². The molecule has 0 saturated carbocycles. The van der Waals surface area contributed by atoms with E-state index in [1.165, 1.54) is 18.2 Å². The van der Waals surface area contributed by atoms with Crippen molar-refractivity contribution in [3.05, 3.63) is 65.5 Å². The summed E-state index contributed by atoms with van der Waals surface area (Å²) in [6, 6.07) is 8.02. The molecule has 6 heteroatoms. The van der Waals surface area contributed by atoms with Crippen molar-refractivity contribution in [1.82, 2.24) is 0 Å². The predicted molar refractivity (Wildman–Crippen MR) is 63.6 cm³/mol. The molecule has 19 heavy (non-hydrogen) atoms. The predicted octanol–water partition coefficient (Wildman–Crippen LogP) is 3.08. The molecule has 0 atom stereocenters. The van der Waals surface area contributed by atoms with Gasteiger partial charge < -0.3 is 0 Å². The number of rotatable bonds is 3. The molecule has 100 valence electrons. The minimum absolute atomic E-state index is 0.330. The highest BCUT2D eigenvalue weighted by Gasteiger charge is 2.21. The average Bonchev–Trinajstić information content (AvgIpc) is 2.35. The fourth-order valence-electron chi connectivity index (χ4n) is 1.64. The molecule has 0 aromatic heterocycles. The summed E-state index contributed by atoms with van der Waals surface area (Å²) < 4.78 is 63.7. The monoisotopic (exact) mass is 286 g/mol. The molecule has 0 bridgehead atoms. The van der Waals surface area contributed by atoms with Crippen LogP contribution in [0.3, 0.4) is 0 Å². The van der Waals surface area contributed by atoms with Crippen LogP contribution in [-0.2, 0) is 15.6 Å². The smallest absolute Gasteiger partial charge is 0.185 e. The van der Waals surface area contributed by atoms with E-state index in [9.17, 15) is 21.6 Å². The Morgan fingerprint density at radius 3 is 2.16 bits per heavy atom. The number of halogens is 3. The molecule has 0 unspecified atom stereocenters. The van der Waals surface area contributed by atoms with Crippen molar-refractivity contribution < 1.29 is 21.6 Å². The summed E-state index contributed by atoms with van der Waals surface area (Å²) in [5.41, 5.74) is -0.330. The Morgan fingerprint density at radius 2 is 1.47 bits per heavy atom. The molecule has 0 N–H and O–H groups in total. The summed E-state index contributed by atoms with van der Waals surface area (Å²) in [5.74, 6) is -4.08. The van der Waals surface area contributed by atoms with E-state index in [1.54, 1.807) is 0 Å². The Bertz CT molecular complexity index is 712. The van der Waals surface area contributed by atoms with Crippen molar-refractivity contribution in [2.75, 3.05) is 0 Å². The van der Waals surface area contributed by atoms with Crippen LogP contribution in [0, 0.1) is 17.5 Å². The molecule has 0 saturated heterocycles. The number of benzene rings is 2. The second kappa shape index (κ2) is 5.05. The highest BCUT2D eigenvalue weighted by Crippen LogP contribution is 2.21. The third kappa shape index (κ3) is 2.78. The third-order valence-corrected chi connectivity index (χ3v) is 4.24. The zero-order valence-corrected chi connectivity index (χ0v) is 10.4. The number of hydrogen-bond donors (Lipinski definition) is 0. The van der Waals surface area contributed by atoms with Crippen LogP contribution in [0.4, 0.5) is 13.2 Å². The van der Waals surface area contributed by atoms with E-state index in [0.29, 0.717) is 0 Å². The average molecular weight is 286 g/mol. The van der Waals surface area contributed by atoms with Crippen molar-refractivity contribution in [2.45, 2.75) is 10.6 Å². The van der Waals surface area contributed by atoms with Gasteiger partial charge in [0.15, 0.2) is 21.5 Å². The van der Waals surface area contributed by atoms with Gasteiger partial charge in [-0.25, -0.2) is 21.6 Å². The summed E-state index contributed by atoms with van der Waals surface area (Å²) in [5, 5.41) is 0. The molecule has 0 spiro atoms. The van der Waals surface area contributed by atoms with Gasteiger partial charge in [0.05, 0.1) is 5.75 Å². The van der Waals surface area contributed by atoms with Crippen LogP contribution in [0.2, 0.25) is 0 Å². The first-order chi connectivity index (χ1) is 8.92. The maximum atomic E-state index is 13.4. The second-order valence-electron chi connectivity index (χ2n) is 3.90. The van der Waals surface area contributed by atoms with Crippen LogP contribution in [0.15, 0.2) is 47.4 Å². The Balaban J connectivity index is 2.43. The molecule has 0 aliphatic rings. The van der Waals surface area contributed by atoms with E-state index in [2.05, 4.69) is 0 Å². The van der Waals surface area contributed by atoms with E-state index >= 15 is 0 Å². The lowest BCUT2D eigenvalue weighted by atomic mass is 10.2. The molecule has 0 amide bonds. The summed E-state index contributed by atoms with van der Waals surface area (Å²) in [7, 11) is -4.06. The van der Waals surface area contributed by atoms with E-state index in [1.807, 2.05) is 0 Å². The van der Waals surface area contributed by atoms with Gasteiger partial charge in [0.2, 0.25) is 0 Å². The van der Waals surface area contributed by atoms with Gasteiger partial charge in [-0.2, -0.15) is 0 Å². The maximum Gasteiger partial charge on any atom is 0.185 e. The molecule has 2 nitrogen and oxygen atoms in total. The first-order valence-electron chi connectivity index (χ1n) is 5.32. The van der Waals surface area contributed by atoms with E-state index in [4.69, 9.17) is 0 Å². The van der Waals surface area contributed by atoms with Gasteiger partial charge in [-0.05, 0) is 18.2 Å². The number of hydrogen-bond acceptors (Lipinski definition) is 2. The summed E-state index contributed by atoms with van der Waals surface area (Å²) in [6.45, 7) is 0. The third-order valence-electron chi connectivity index (χ3n) is 2.55. The van der Waals surface area contributed by atoms with Crippen molar-refractivity contribution >= 4 is 9.84 Å². The zero-order chi connectivity index (χ0) is 14.0. The Morgan fingerprint density at radius 1 is 0.842 bits per heavy atom. The molecule has 2 aromatic carbocycles. The zero-order valence-electron chi connectivity index (χ0n) is 9.61. The van der Waals surface area contributed by atoms with Gasteiger partial charge in [-0.3, -0.25) is 0 Å². The first-order valence-corrected chi connectivity index (χ1v) is 6.97. The Hall–Kier alpha value is -1.82. The summed E-state index contributed by atoms with van der Waals surface area (Å²) in [6.07, 6.45) is 0. The van der Waals surface area contributed by atoms with Crippen LogP contribution in [0.5, 0.6) is 0 Å². The largest absolute Gasteiger partial charge is 0.223 e. The molecule has 0 aliphatic heterocycles. The SMILES string of the molecule is O=S(=O)(Cc1cccc(F)c1F)c1ccccc1F. The van der Waals surface area contributed by atoms with Crippen LogP contribution >= 0.6 is 0 Å². The van der Waals surface area contributed by atoms with Crippen LogP contribution in [-0.4, -0.2) is 8.42 Å². The topological polar surface area (TPSA) is 34.1 Å². The molecule has 2 aromatic rings. The standard InChI is InChI=1S/C13H9F3O2S/c14-10-5-1-2-7-12(10)19(17,18)8-9-4-3-6-11(15)13(9)16/h1-7H,8H2. The van der Waals surface area contributed by atoms with Crippen LogP contribution in [0.25, 0.3) is 0 Å². The highest BCUT2D eigenvalue weighted by molar-refractivity contribution is 7.90. The van der Waals surface area contributed by atoms with E-state index in [-0.39, 0.29) is 5.56 Å².